The predicted molar refractivity (Wildman–Crippen MR) is 64.4 cm³/mol. The van der Waals surface area contributed by atoms with Gasteiger partial charge in [-0.25, -0.2) is 4.68 Å². The van der Waals surface area contributed by atoms with Crippen molar-refractivity contribution in [1.82, 2.24) is 9.78 Å². The molecule has 0 aliphatic rings. The van der Waals surface area contributed by atoms with Crippen LogP contribution in [0.3, 0.4) is 0 Å². The molecule has 2 rings (SSSR count). The van der Waals surface area contributed by atoms with Crippen LogP contribution in [0.25, 0.3) is 11.1 Å². The summed E-state index contributed by atoms with van der Waals surface area (Å²) in [5.41, 5.74) is 3.02. The van der Waals surface area contributed by atoms with E-state index in [1.165, 1.54) is 5.56 Å². The van der Waals surface area contributed by atoms with Crippen LogP contribution in [0.1, 0.15) is 18.9 Å². The van der Waals surface area contributed by atoms with Crippen LogP contribution in [-0.4, -0.2) is 14.9 Å². The van der Waals surface area contributed by atoms with Crippen LogP contribution in [0.15, 0.2) is 30.5 Å². The van der Waals surface area contributed by atoms with E-state index in [1.807, 2.05) is 31.2 Å². The Hall–Kier alpha value is -1.77. The molecule has 0 saturated heterocycles. The molecular formula is C13H16N2O. The number of benzene rings is 1. The lowest BCUT2D eigenvalue weighted by molar-refractivity contribution is 0.399. The SMILES string of the molecule is CCCn1ncc(-c2ccc(C)cc2)c1O. The Bertz CT molecular complexity index is 471. The van der Waals surface area contributed by atoms with E-state index in [9.17, 15) is 5.11 Å². The number of rotatable bonds is 3. The van der Waals surface area contributed by atoms with Gasteiger partial charge in [-0.3, -0.25) is 0 Å². The molecular weight excluding hydrogens is 200 g/mol. The monoisotopic (exact) mass is 216 g/mol. The van der Waals surface area contributed by atoms with Gasteiger partial charge in [0.05, 0.1) is 11.8 Å². The van der Waals surface area contributed by atoms with Gasteiger partial charge in [0, 0.05) is 6.54 Å². The molecule has 0 amide bonds. The van der Waals surface area contributed by atoms with Crippen molar-refractivity contribution in [3.05, 3.63) is 36.0 Å². The molecule has 84 valence electrons. The van der Waals surface area contributed by atoms with Crippen molar-refractivity contribution in [2.24, 2.45) is 0 Å². The first kappa shape index (κ1) is 10.7. The number of hydrogen-bond acceptors (Lipinski definition) is 2. The van der Waals surface area contributed by atoms with Crippen LogP contribution in [-0.2, 0) is 6.54 Å². The van der Waals surface area contributed by atoms with E-state index in [1.54, 1.807) is 10.9 Å². The molecule has 0 atom stereocenters. The molecule has 1 heterocycles. The third kappa shape index (κ3) is 1.94. The molecule has 16 heavy (non-hydrogen) atoms. The second kappa shape index (κ2) is 4.39. The Morgan fingerprint density at radius 3 is 2.56 bits per heavy atom. The van der Waals surface area contributed by atoms with E-state index in [0.29, 0.717) is 0 Å². The molecule has 0 aliphatic carbocycles. The highest BCUT2D eigenvalue weighted by Crippen LogP contribution is 2.28. The first-order chi connectivity index (χ1) is 7.72. The predicted octanol–water partition coefficient (Wildman–Crippen LogP) is 2.97. The van der Waals surface area contributed by atoms with Gasteiger partial charge in [-0.15, -0.1) is 0 Å². The summed E-state index contributed by atoms with van der Waals surface area (Å²) in [6, 6.07) is 8.07. The van der Waals surface area contributed by atoms with Crippen molar-refractivity contribution in [2.45, 2.75) is 26.8 Å². The lowest BCUT2D eigenvalue weighted by atomic mass is 10.1. The van der Waals surface area contributed by atoms with Crippen molar-refractivity contribution >= 4 is 0 Å². The molecule has 3 heteroatoms. The van der Waals surface area contributed by atoms with Crippen molar-refractivity contribution in [3.63, 3.8) is 0 Å². The lowest BCUT2D eigenvalue weighted by Crippen LogP contribution is -1.97. The minimum atomic E-state index is 0.255. The molecule has 1 aromatic heterocycles. The van der Waals surface area contributed by atoms with Crippen LogP contribution in [0.4, 0.5) is 0 Å². The summed E-state index contributed by atoms with van der Waals surface area (Å²) < 4.78 is 1.63. The fourth-order valence-corrected chi connectivity index (χ4v) is 1.69. The first-order valence-corrected chi connectivity index (χ1v) is 5.54. The van der Waals surface area contributed by atoms with Gasteiger partial charge >= 0.3 is 0 Å². The van der Waals surface area contributed by atoms with Crippen molar-refractivity contribution in [1.29, 1.82) is 0 Å². The molecule has 1 N–H and O–H groups in total. The highest BCUT2D eigenvalue weighted by molar-refractivity contribution is 5.67. The van der Waals surface area contributed by atoms with E-state index in [2.05, 4.69) is 12.0 Å². The van der Waals surface area contributed by atoms with E-state index < -0.39 is 0 Å². The van der Waals surface area contributed by atoms with E-state index >= 15 is 0 Å². The topological polar surface area (TPSA) is 38.0 Å². The van der Waals surface area contributed by atoms with Crippen molar-refractivity contribution < 1.29 is 5.11 Å². The highest BCUT2D eigenvalue weighted by Gasteiger charge is 2.10. The second-order valence-corrected chi connectivity index (χ2v) is 3.97. The summed E-state index contributed by atoms with van der Waals surface area (Å²) in [6.45, 7) is 4.86. The molecule has 0 spiro atoms. The summed E-state index contributed by atoms with van der Waals surface area (Å²) in [5.74, 6) is 0.255. The van der Waals surface area contributed by atoms with Crippen LogP contribution in [0, 0.1) is 6.92 Å². The fourth-order valence-electron chi connectivity index (χ4n) is 1.69. The van der Waals surface area contributed by atoms with Gasteiger partial charge in [-0.2, -0.15) is 5.10 Å². The average molecular weight is 216 g/mol. The number of aromatic hydroxyl groups is 1. The molecule has 0 aliphatic heterocycles. The Balaban J connectivity index is 2.37. The maximum Gasteiger partial charge on any atom is 0.217 e. The zero-order valence-electron chi connectivity index (χ0n) is 9.64. The first-order valence-electron chi connectivity index (χ1n) is 5.54. The highest BCUT2D eigenvalue weighted by atomic mass is 16.3. The molecule has 1 aromatic carbocycles. The fraction of sp³-hybridized carbons (Fsp3) is 0.308. The third-order valence-electron chi connectivity index (χ3n) is 2.61. The van der Waals surface area contributed by atoms with Gasteiger partial charge in [0.1, 0.15) is 0 Å². The maximum atomic E-state index is 9.98. The minimum absolute atomic E-state index is 0.255. The summed E-state index contributed by atoms with van der Waals surface area (Å²) in [5, 5.41) is 14.2. The van der Waals surface area contributed by atoms with Crippen LogP contribution in [0.5, 0.6) is 5.88 Å². The summed E-state index contributed by atoms with van der Waals surface area (Å²) >= 11 is 0. The van der Waals surface area contributed by atoms with Gasteiger partial charge in [0.2, 0.25) is 5.88 Å². The zero-order valence-corrected chi connectivity index (χ0v) is 9.64. The average Bonchev–Trinajstić information content (AvgIpc) is 2.63. The molecule has 0 saturated carbocycles. The minimum Gasteiger partial charge on any atom is -0.493 e. The second-order valence-electron chi connectivity index (χ2n) is 3.97. The lowest BCUT2D eigenvalue weighted by Gasteiger charge is -2.02. The smallest absolute Gasteiger partial charge is 0.217 e. The number of aryl methyl sites for hydroxylation is 2. The van der Waals surface area contributed by atoms with Crippen LogP contribution in [0.2, 0.25) is 0 Å². The molecule has 2 aromatic rings. The Kier molecular flexibility index (Phi) is 2.95. The van der Waals surface area contributed by atoms with Gasteiger partial charge < -0.3 is 5.11 Å². The summed E-state index contributed by atoms with van der Waals surface area (Å²) in [6.07, 6.45) is 2.68. The Morgan fingerprint density at radius 2 is 1.94 bits per heavy atom. The molecule has 3 nitrogen and oxygen atoms in total. The maximum absolute atomic E-state index is 9.98. The van der Waals surface area contributed by atoms with Crippen LogP contribution < -0.4 is 0 Å². The third-order valence-corrected chi connectivity index (χ3v) is 2.61. The molecule has 0 unspecified atom stereocenters. The van der Waals surface area contributed by atoms with Gasteiger partial charge in [0.25, 0.3) is 0 Å². The van der Waals surface area contributed by atoms with E-state index in [-0.39, 0.29) is 5.88 Å². The Labute approximate surface area is 95.3 Å². The van der Waals surface area contributed by atoms with Gasteiger partial charge in [-0.05, 0) is 18.9 Å². The standard InChI is InChI=1S/C13H16N2O/c1-3-8-15-13(16)12(9-14-15)11-6-4-10(2)5-7-11/h4-7,9,16H,3,8H2,1-2H3. The quantitative estimate of drug-likeness (QED) is 0.856. The summed E-state index contributed by atoms with van der Waals surface area (Å²) in [4.78, 5) is 0. The molecule has 0 bridgehead atoms. The van der Waals surface area contributed by atoms with E-state index in [4.69, 9.17) is 0 Å². The normalized spacial score (nSPS) is 10.6. The van der Waals surface area contributed by atoms with Gasteiger partial charge in [0.15, 0.2) is 0 Å². The molecule has 0 radical (unpaired) electrons. The zero-order chi connectivity index (χ0) is 11.5. The number of aromatic nitrogens is 2. The van der Waals surface area contributed by atoms with E-state index in [0.717, 1.165) is 24.1 Å². The largest absolute Gasteiger partial charge is 0.493 e. The van der Waals surface area contributed by atoms with Crippen molar-refractivity contribution in [2.75, 3.05) is 0 Å². The van der Waals surface area contributed by atoms with Gasteiger partial charge in [-0.1, -0.05) is 36.8 Å². The number of hydrogen-bond donors (Lipinski definition) is 1. The van der Waals surface area contributed by atoms with Crippen molar-refractivity contribution in [3.8, 4) is 17.0 Å². The summed E-state index contributed by atoms with van der Waals surface area (Å²) in [7, 11) is 0. The van der Waals surface area contributed by atoms with Crippen LogP contribution >= 0.6 is 0 Å². The molecule has 0 fully saturated rings. The Morgan fingerprint density at radius 1 is 1.25 bits per heavy atom. The number of nitrogens with zero attached hydrogens (tertiary/aromatic N) is 2.